The van der Waals surface area contributed by atoms with Crippen LogP contribution < -0.4 is 4.57 Å². The molecule has 19 heavy (non-hydrogen) atoms. The fourth-order valence-electron chi connectivity index (χ4n) is 1.21. The number of H-pyrrole nitrogens is 1. The van der Waals surface area contributed by atoms with Crippen molar-refractivity contribution in [3.05, 3.63) is 18.2 Å². The number of aromatic amines is 1. The van der Waals surface area contributed by atoms with Gasteiger partial charge in [-0.3, -0.25) is 0 Å². The third kappa shape index (κ3) is 5.57. The minimum atomic E-state index is -6.09. The fraction of sp³-hybridized carbons (Fsp3) is 0.667. The average Bonchev–Trinajstić information content (AvgIpc) is 2.65. The molecule has 1 N–H and O–H groups in total. The van der Waals surface area contributed by atoms with Gasteiger partial charge in [0.05, 0.1) is 7.05 Å². The van der Waals surface area contributed by atoms with Gasteiger partial charge in [-0.2, -0.15) is 13.2 Å². The number of nitrogens with one attached hydrogen (secondary N) is 1. The van der Waals surface area contributed by atoms with E-state index in [1.54, 1.807) is 7.11 Å². The highest BCUT2D eigenvalue weighted by atomic mass is 32.2. The van der Waals surface area contributed by atoms with E-state index in [0.717, 1.165) is 12.2 Å². The molecule has 112 valence electrons. The average molecular weight is 304 g/mol. The summed E-state index contributed by atoms with van der Waals surface area (Å²) in [5.74, 6) is 1.12. The highest BCUT2D eigenvalue weighted by molar-refractivity contribution is 7.86. The number of aromatic nitrogens is 2. The maximum absolute atomic E-state index is 10.7. The Hall–Kier alpha value is -1.13. The topological polar surface area (TPSA) is 86.1 Å². The number of ether oxygens (including phenoxy) is 1. The predicted octanol–water partition coefficient (Wildman–Crippen LogP) is 0.988. The number of imidazole rings is 1. The molecule has 10 heteroatoms. The van der Waals surface area contributed by atoms with E-state index in [-0.39, 0.29) is 6.10 Å². The molecular formula is C9H15F3N2O4S. The van der Waals surface area contributed by atoms with Crippen molar-refractivity contribution in [2.24, 2.45) is 7.05 Å². The van der Waals surface area contributed by atoms with Crippen LogP contribution in [-0.4, -0.2) is 30.6 Å². The minimum absolute atomic E-state index is 0.190. The Bertz CT molecular complexity index is 480. The predicted molar refractivity (Wildman–Crippen MR) is 57.8 cm³/mol. The molecule has 0 amide bonds. The first-order valence-corrected chi connectivity index (χ1v) is 6.53. The van der Waals surface area contributed by atoms with Gasteiger partial charge < -0.3 is 9.29 Å². The van der Waals surface area contributed by atoms with Crippen molar-refractivity contribution in [3.63, 3.8) is 0 Å². The van der Waals surface area contributed by atoms with Crippen molar-refractivity contribution in [3.8, 4) is 0 Å². The molecule has 1 unspecified atom stereocenters. The smallest absolute Gasteiger partial charge is 0.485 e. The van der Waals surface area contributed by atoms with Gasteiger partial charge in [0, 0.05) is 7.11 Å². The Balaban J connectivity index is 0.000000362. The van der Waals surface area contributed by atoms with Gasteiger partial charge in [0.25, 0.3) is 5.82 Å². The third-order valence-corrected chi connectivity index (χ3v) is 2.72. The second-order valence-corrected chi connectivity index (χ2v) is 4.86. The highest BCUT2D eigenvalue weighted by Crippen LogP contribution is 2.20. The molecule has 0 aliphatic heterocycles. The molecular weight excluding hydrogens is 289 g/mol. The summed E-state index contributed by atoms with van der Waals surface area (Å²) in [6.45, 7) is 2.11. The number of halogens is 3. The summed E-state index contributed by atoms with van der Waals surface area (Å²) in [6.07, 6.45) is 5.08. The normalized spacial score (nSPS) is 13.6. The van der Waals surface area contributed by atoms with E-state index in [4.69, 9.17) is 17.7 Å². The summed E-state index contributed by atoms with van der Waals surface area (Å²) < 4.78 is 66.2. The quantitative estimate of drug-likeness (QED) is 0.512. The van der Waals surface area contributed by atoms with E-state index in [1.165, 1.54) is 0 Å². The maximum atomic E-state index is 10.7. The SMILES string of the molecule is CCC(OC)c1[nH]cc[n+]1C.O=S(=O)([O-])C(F)(F)F. The van der Waals surface area contributed by atoms with Crippen LogP contribution in [0.3, 0.4) is 0 Å². The highest BCUT2D eigenvalue weighted by Gasteiger charge is 2.36. The molecule has 0 aliphatic rings. The zero-order valence-electron chi connectivity index (χ0n) is 10.6. The zero-order valence-corrected chi connectivity index (χ0v) is 11.4. The summed E-state index contributed by atoms with van der Waals surface area (Å²) in [4.78, 5) is 3.15. The van der Waals surface area contributed by atoms with Gasteiger partial charge >= 0.3 is 5.51 Å². The maximum Gasteiger partial charge on any atom is 0.485 e. The molecule has 0 spiro atoms. The first kappa shape index (κ1) is 17.9. The van der Waals surface area contributed by atoms with Crippen LogP contribution in [0, 0.1) is 0 Å². The first-order chi connectivity index (χ1) is 8.54. The number of hydrogen-bond acceptors (Lipinski definition) is 4. The Morgan fingerprint density at radius 1 is 1.53 bits per heavy atom. The minimum Gasteiger partial charge on any atom is -0.741 e. The molecule has 0 radical (unpaired) electrons. The second kappa shape index (κ2) is 6.87. The van der Waals surface area contributed by atoms with Crippen molar-refractivity contribution in [1.29, 1.82) is 0 Å². The van der Waals surface area contributed by atoms with Crippen LogP contribution in [0.25, 0.3) is 0 Å². The molecule has 1 rings (SSSR count). The summed E-state index contributed by atoms with van der Waals surface area (Å²) >= 11 is 0. The molecule has 0 aromatic carbocycles. The van der Waals surface area contributed by atoms with Gasteiger partial charge in [0.1, 0.15) is 12.4 Å². The Labute approximate surface area is 109 Å². The largest absolute Gasteiger partial charge is 0.741 e. The molecule has 1 atom stereocenters. The Kier molecular flexibility index (Phi) is 6.46. The molecule has 0 bridgehead atoms. The van der Waals surface area contributed by atoms with Crippen molar-refractivity contribution in [2.75, 3.05) is 7.11 Å². The van der Waals surface area contributed by atoms with Crippen LogP contribution in [0.4, 0.5) is 13.2 Å². The van der Waals surface area contributed by atoms with Gasteiger partial charge in [0.15, 0.2) is 16.2 Å². The van der Waals surface area contributed by atoms with Crippen LogP contribution in [-0.2, 0) is 21.9 Å². The van der Waals surface area contributed by atoms with E-state index >= 15 is 0 Å². The van der Waals surface area contributed by atoms with E-state index in [9.17, 15) is 13.2 Å². The van der Waals surface area contributed by atoms with Crippen molar-refractivity contribution < 1.29 is 35.4 Å². The van der Waals surface area contributed by atoms with Gasteiger partial charge in [-0.25, -0.2) is 18.0 Å². The number of alkyl halides is 3. The Morgan fingerprint density at radius 3 is 2.21 bits per heavy atom. The number of methoxy groups -OCH3 is 1. The van der Waals surface area contributed by atoms with Gasteiger partial charge in [-0.1, -0.05) is 6.92 Å². The lowest BCUT2D eigenvalue weighted by Crippen LogP contribution is -2.32. The number of hydrogen-bond donors (Lipinski definition) is 1. The van der Waals surface area contributed by atoms with E-state index in [2.05, 4.69) is 11.9 Å². The molecule has 1 aromatic heterocycles. The molecule has 6 nitrogen and oxygen atoms in total. The van der Waals surface area contributed by atoms with Crippen molar-refractivity contribution in [1.82, 2.24) is 4.98 Å². The fourth-order valence-corrected chi connectivity index (χ4v) is 1.21. The third-order valence-electron chi connectivity index (χ3n) is 2.15. The molecule has 1 heterocycles. The summed E-state index contributed by atoms with van der Waals surface area (Å²) in [5.41, 5.74) is -5.65. The number of aryl methyl sites for hydroxylation is 1. The van der Waals surface area contributed by atoms with Gasteiger partial charge in [-0.05, 0) is 6.42 Å². The van der Waals surface area contributed by atoms with Crippen LogP contribution in [0.15, 0.2) is 12.4 Å². The number of rotatable bonds is 3. The van der Waals surface area contributed by atoms with Crippen LogP contribution in [0.5, 0.6) is 0 Å². The molecule has 0 aliphatic carbocycles. The van der Waals surface area contributed by atoms with Crippen molar-refractivity contribution in [2.45, 2.75) is 25.0 Å². The second-order valence-electron chi connectivity index (χ2n) is 3.49. The van der Waals surface area contributed by atoms with Crippen molar-refractivity contribution >= 4 is 10.1 Å². The van der Waals surface area contributed by atoms with E-state index < -0.39 is 15.6 Å². The Morgan fingerprint density at radius 2 is 2.00 bits per heavy atom. The zero-order chi connectivity index (χ0) is 15.3. The summed E-state index contributed by atoms with van der Waals surface area (Å²) in [5, 5.41) is 0. The van der Waals surface area contributed by atoms with E-state index in [0.29, 0.717) is 0 Å². The monoisotopic (exact) mass is 304 g/mol. The lowest BCUT2D eigenvalue weighted by molar-refractivity contribution is -0.681. The standard InChI is InChI=1S/C8H14N2O.CHF3O3S/c1-4-7(11-3)8-9-5-6-10(8)2;2-1(3,4)8(5,6)7/h5-7H,4H2,1-3H3;(H,5,6,7). The van der Waals surface area contributed by atoms with Crippen LogP contribution >= 0.6 is 0 Å². The van der Waals surface area contributed by atoms with Crippen LogP contribution in [0.1, 0.15) is 25.3 Å². The summed E-state index contributed by atoms with van der Waals surface area (Å²) in [7, 11) is -2.35. The lowest BCUT2D eigenvalue weighted by atomic mass is 10.2. The number of nitrogens with zero attached hydrogens (tertiary/aromatic N) is 1. The molecule has 1 aromatic rings. The summed E-state index contributed by atoms with van der Waals surface area (Å²) in [6, 6.07) is 0. The molecule has 0 saturated carbocycles. The van der Waals surface area contributed by atoms with Crippen LogP contribution in [0.2, 0.25) is 0 Å². The molecule has 0 fully saturated rings. The van der Waals surface area contributed by atoms with E-state index in [1.807, 2.05) is 24.0 Å². The van der Waals surface area contributed by atoms with Gasteiger partial charge in [-0.15, -0.1) is 0 Å². The molecule has 0 saturated heterocycles. The lowest BCUT2D eigenvalue weighted by Gasteiger charge is -2.08. The van der Waals surface area contributed by atoms with Gasteiger partial charge in [0.2, 0.25) is 0 Å². The first-order valence-electron chi connectivity index (χ1n) is 5.12.